The van der Waals surface area contributed by atoms with Crippen LogP contribution in [0.4, 0.5) is 4.79 Å². The van der Waals surface area contributed by atoms with Gasteiger partial charge in [0, 0.05) is 74.9 Å². The van der Waals surface area contributed by atoms with Crippen molar-refractivity contribution in [1.82, 2.24) is 29.3 Å². The van der Waals surface area contributed by atoms with Gasteiger partial charge in [-0.05, 0) is 99.7 Å². The molecule has 57 heavy (non-hydrogen) atoms. The van der Waals surface area contributed by atoms with Gasteiger partial charge in [-0.2, -0.15) is 0 Å². The molecule has 6 rings (SSSR count). The standard InChI is InChI=1S/C25H33N3O4.C20H25N3O2/c1-16(2)12-17(27(6)24(30)32-25(3,4)5)15-31-18-8-9-20-19-10-11-26-14-21(19)23(29)28(7)22(20)13-18;1-13(2)9-14(21-3)12-25-15-5-6-17-16-7-8-22-11-18(16)20(24)23(4)19(17)10-15/h8-11,13-14,16-17H,12,15H2,1-7H3;5-8,10-11,13-14,21H,9,12H2,1-4H3/t17-;14-/m00/s1. The lowest BCUT2D eigenvalue weighted by Crippen LogP contribution is -2.44. The van der Waals surface area contributed by atoms with E-state index in [9.17, 15) is 14.4 Å². The van der Waals surface area contributed by atoms with Crippen molar-refractivity contribution in [3.63, 3.8) is 0 Å². The summed E-state index contributed by atoms with van der Waals surface area (Å²) < 4.78 is 20.9. The number of nitrogens with zero attached hydrogens (tertiary/aromatic N) is 5. The molecule has 12 nitrogen and oxygen atoms in total. The van der Waals surface area contributed by atoms with Crippen molar-refractivity contribution < 1.29 is 19.0 Å². The summed E-state index contributed by atoms with van der Waals surface area (Å²) in [5, 5.41) is 8.30. The smallest absolute Gasteiger partial charge is 0.410 e. The number of carbonyl (C=O) groups is 1. The van der Waals surface area contributed by atoms with Crippen molar-refractivity contribution in [2.75, 3.05) is 27.3 Å². The van der Waals surface area contributed by atoms with Crippen molar-refractivity contribution in [2.45, 2.75) is 79.0 Å². The van der Waals surface area contributed by atoms with E-state index in [0.717, 1.165) is 51.2 Å². The highest BCUT2D eigenvalue weighted by Crippen LogP contribution is 2.28. The van der Waals surface area contributed by atoms with Crippen LogP contribution in [0.25, 0.3) is 43.4 Å². The number of aryl methyl sites for hydroxylation is 2. The number of pyridine rings is 4. The van der Waals surface area contributed by atoms with Gasteiger partial charge in [0.1, 0.15) is 30.3 Å². The van der Waals surface area contributed by atoms with E-state index in [2.05, 4.69) is 43.0 Å². The van der Waals surface area contributed by atoms with Crippen molar-refractivity contribution in [3.05, 3.63) is 94.0 Å². The number of hydrogen-bond donors (Lipinski definition) is 1. The molecule has 0 fully saturated rings. The fraction of sp³-hybridized carbons (Fsp3) is 0.444. The molecule has 2 atom stereocenters. The molecule has 0 unspecified atom stereocenters. The van der Waals surface area contributed by atoms with E-state index >= 15 is 0 Å². The van der Waals surface area contributed by atoms with Crippen molar-refractivity contribution in [2.24, 2.45) is 25.9 Å². The van der Waals surface area contributed by atoms with Gasteiger partial charge in [0.2, 0.25) is 0 Å². The third-order valence-electron chi connectivity index (χ3n) is 9.98. The fourth-order valence-corrected chi connectivity index (χ4v) is 6.99. The number of carbonyl (C=O) groups excluding carboxylic acids is 1. The highest BCUT2D eigenvalue weighted by Gasteiger charge is 2.27. The Labute approximate surface area is 334 Å². The Bertz CT molecular complexity index is 2470. The summed E-state index contributed by atoms with van der Waals surface area (Å²) in [6.07, 6.45) is 8.10. The summed E-state index contributed by atoms with van der Waals surface area (Å²) in [6.45, 7) is 15.1. The molecule has 0 aliphatic carbocycles. The topological polar surface area (TPSA) is 130 Å². The molecule has 0 aliphatic rings. The largest absolute Gasteiger partial charge is 0.492 e. The number of ether oxygens (including phenoxy) is 3. The maximum atomic E-state index is 12.7. The van der Waals surface area contributed by atoms with Crippen LogP contribution in [0.5, 0.6) is 11.5 Å². The summed E-state index contributed by atoms with van der Waals surface area (Å²) in [5.74, 6) is 2.41. The molecule has 0 bridgehead atoms. The number of rotatable bonds is 12. The maximum absolute atomic E-state index is 12.7. The first-order chi connectivity index (χ1) is 27.0. The number of likely N-dealkylation sites (N-methyl/N-ethyl adjacent to an activating group) is 2. The lowest BCUT2D eigenvalue weighted by atomic mass is 10.0. The molecule has 6 aromatic rings. The Hall–Kier alpha value is -5.49. The second-order valence-electron chi connectivity index (χ2n) is 16.5. The van der Waals surface area contributed by atoms with Crippen LogP contribution in [0.3, 0.4) is 0 Å². The summed E-state index contributed by atoms with van der Waals surface area (Å²) in [7, 11) is 7.24. The van der Waals surface area contributed by atoms with E-state index in [0.29, 0.717) is 47.6 Å². The zero-order valence-electron chi connectivity index (χ0n) is 35.3. The van der Waals surface area contributed by atoms with E-state index < -0.39 is 5.60 Å². The molecule has 2 aromatic carbocycles. The van der Waals surface area contributed by atoms with E-state index in [-0.39, 0.29) is 23.3 Å². The molecular formula is C45H58N6O6. The summed E-state index contributed by atoms with van der Waals surface area (Å²) in [6, 6.07) is 15.6. The Balaban J connectivity index is 0.000000224. The van der Waals surface area contributed by atoms with Crippen molar-refractivity contribution >= 4 is 49.4 Å². The Morgan fingerprint density at radius 2 is 1.19 bits per heavy atom. The highest BCUT2D eigenvalue weighted by atomic mass is 16.6. The molecule has 4 aromatic heterocycles. The third kappa shape index (κ3) is 10.3. The summed E-state index contributed by atoms with van der Waals surface area (Å²) in [4.78, 5) is 47.7. The van der Waals surface area contributed by atoms with Crippen LogP contribution in [-0.4, -0.2) is 75.1 Å². The van der Waals surface area contributed by atoms with Gasteiger partial charge in [-0.1, -0.05) is 27.7 Å². The van der Waals surface area contributed by atoms with Crippen LogP contribution in [0.15, 0.2) is 82.9 Å². The lowest BCUT2D eigenvalue weighted by molar-refractivity contribution is 0.0153. The molecule has 12 heteroatoms. The second-order valence-corrected chi connectivity index (χ2v) is 16.5. The normalized spacial score (nSPS) is 12.9. The highest BCUT2D eigenvalue weighted by molar-refractivity contribution is 6.06. The van der Waals surface area contributed by atoms with Gasteiger partial charge in [-0.15, -0.1) is 0 Å². The molecule has 0 spiro atoms. The fourth-order valence-electron chi connectivity index (χ4n) is 6.99. The Morgan fingerprint density at radius 1 is 0.719 bits per heavy atom. The van der Waals surface area contributed by atoms with Crippen LogP contribution >= 0.6 is 0 Å². The van der Waals surface area contributed by atoms with Gasteiger partial charge in [0.05, 0.1) is 27.8 Å². The first-order valence-corrected chi connectivity index (χ1v) is 19.6. The van der Waals surface area contributed by atoms with Gasteiger partial charge in [0.25, 0.3) is 11.1 Å². The molecule has 0 aliphatic heterocycles. The predicted octanol–water partition coefficient (Wildman–Crippen LogP) is 7.85. The summed E-state index contributed by atoms with van der Waals surface area (Å²) in [5.41, 5.74) is 0.953. The van der Waals surface area contributed by atoms with Crippen LogP contribution < -0.4 is 25.9 Å². The quantitative estimate of drug-likeness (QED) is 0.124. The van der Waals surface area contributed by atoms with Crippen LogP contribution in [-0.2, 0) is 18.8 Å². The number of amides is 1. The van der Waals surface area contributed by atoms with Gasteiger partial charge in [-0.3, -0.25) is 19.6 Å². The first-order valence-electron chi connectivity index (χ1n) is 19.6. The Kier molecular flexibility index (Phi) is 13.6. The average molecular weight is 779 g/mol. The lowest BCUT2D eigenvalue weighted by Gasteiger charge is -2.31. The first kappa shape index (κ1) is 42.6. The molecule has 0 radical (unpaired) electrons. The molecular weight excluding hydrogens is 721 g/mol. The number of benzene rings is 2. The van der Waals surface area contributed by atoms with E-state index in [1.807, 2.05) is 76.3 Å². The second kappa shape index (κ2) is 18.2. The number of aromatic nitrogens is 4. The minimum absolute atomic E-state index is 0.0411. The molecule has 0 saturated carbocycles. The van der Waals surface area contributed by atoms with E-state index in [1.54, 1.807) is 60.0 Å². The average Bonchev–Trinajstić information content (AvgIpc) is 3.18. The van der Waals surface area contributed by atoms with Crippen molar-refractivity contribution in [3.8, 4) is 11.5 Å². The monoisotopic (exact) mass is 778 g/mol. The van der Waals surface area contributed by atoms with E-state index in [4.69, 9.17) is 14.2 Å². The van der Waals surface area contributed by atoms with Crippen LogP contribution in [0, 0.1) is 11.8 Å². The SMILES string of the molecule is CC(C)C[C@@H](COc1ccc2c3ccncc3c(=O)n(C)c2c1)N(C)C(=O)OC(C)(C)C.CN[C@H](COc1ccc2c3ccncc3c(=O)n(C)c2c1)CC(C)C. The molecule has 1 amide bonds. The maximum Gasteiger partial charge on any atom is 0.410 e. The molecule has 4 heterocycles. The van der Waals surface area contributed by atoms with Gasteiger partial charge < -0.3 is 33.6 Å². The minimum atomic E-state index is -0.560. The van der Waals surface area contributed by atoms with E-state index in [1.165, 1.54) is 0 Å². The zero-order valence-corrected chi connectivity index (χ0v) is 35.3. The molecule has 0 saturated heterocycles. The summed E-state index contributed by atoms with van der Waals surface area (Å²) >= 11 is 0. The van der Waals surface area contributed by atoms with Gasteiger partial charge in [-0.25, -0.2) is 4.79 Å². The predicted molar refractivity (Wildman–Crippen MR) is 230 cm³/mol. The molecule has 304 valence electrons. The number of hydrogen-bond acceptors (Lipinski definition) is 9. The van der Waals surface area contributed by atoms with Crippen molar-refractivity contribution in [1.29, 1.82) is 0 Å². The van der Waals surface area contributed by atoms with Gasteiger partial charge >= 0.3 is 6.09 Å². The molecule has 1 N–H and O–H groups in total. The third-order valence-corrected chi connectivity index (χ3v) is 9.98. The number of nitrogens with one attached hydrogen (secondary N) is 1. The Morgan fingerprint density at radius 3 is 1.63 bits per heavy atom. The van der Waals surface area contributed by atoms with Crippen LogP contribution in [0.2, 0.25) is 0 Å². The minimum Gasteiger partial charge on any atom is -0.492 e. The zero-order chi connectivity index (χ0) is 41.6. The number of fused-ring (bicyclic) bond motifs is 6. The van der Waals surface area contributed by atoms with Gasteiger partial charge in [0.15, 0.2) is 0 Å². The van der Waals surface area contributed by atoms with Crippen LogP contribution in [0.1, 0.15) is 61.3 Å².